The Labute approximate surface area is 122 Å². The van der Waals surface area contributed by atoms with Gasteiger partial charge in [-0.25, -0.2) is 9.18 Å². The van der Waals surface area contributed by atoms with E-state index < -0.39 is 29.8 Å². The van der Waals surface area contributed by atoms with Gasteiger partial charge < -0.3 is 15.1 Å². The molecule has 5 nitrogen and oxygen atoms in total. The Hall–Kier alpha value is -1.22. The SMILES string of the molecule is O=C(O)[C@@H]1C[C@H](O)CN1C(=O)c1ccc(F)cc1I. The Kier molecular flexibility index (Phi) is 4.04. The first-order valence-electron chi connectivity index (χ1n) is 5.57. The Balaban J connectivity index is 2.30. The maximum absolute atomic E-state index is 13.0. The van der Waals surface area contributed by atoms with Crippen molar-refractivity contribution >= 4 is 34.5 Å². The average Bonchev–Trinajstić information content (AvgIpc) is 2.70. The lowest BCUT2D eigenvalue weighted by atomic mass is 10.1. The number of carbonyl (C=O) groups is 2. The minimum absolute atomic E-state index is 0.0127. The number of β-amino-alcohol motifs (C(OH)–C–C–N with tert-alkyl or cyclic N) is 1. The van der Waals surface area contributed by atoms with E-state index in [9.17, 15) is 19.1 Å². The van der Waals surface area contributed by atoms with Crippen molar-refractivity contribution < 1.29 is 24.2 Å². The van der Waals surface area contributed by atoms with Crippen LogP contribution in [0.2, 0.25) is 0 Å². The molecule has 0 bridgehead atoms. The number of amides is 1. The van der Waals surface area contributed by atoms with E-state index in [4.69, 9.17) is 5.11 Å². The van der Waals surface area contributed by atoms with Gasteiger partial charge in [0.15, 0.2) is 0 Å². The number of carbonyl (C=O) groups excluding carboxylic acids is 1. The zero-order chi connectivity index (χ0) is 14.2. The highest BCUT2D eigenvalue weighted by atomic mass is 127. The van der Waals surface area contributed by atoms with Crippen molar-refractivity contribution in [2.75, 3.05) is 6.54 Å². The molecule has 1 aromatic carbocycles. The van der Waals surface area contributed by atoms with Crippen molar-refractivity contribution in [3.63, 3.8) is 0 Å². The first-order chi connectivity index (χ1) is 8.90. The summed E-state index contributed by atoms with van der Waals surface area (Å²) < 4.78 is 13.4. The molecule has 2 atom stereocenters. The largest absolute Gasteiger partial charge is 0.480 e. The van der Waals surface area contributed by atoms with Crippen molar-refractivity contribution in [3.05, 3.63) is 33.1 Å². The van der Waals surface area contributed by atoms with Crippen LogP contribution in [0.5, 0.6) is 0 Å². The zero-order valence-electron chi connectivity index (χ0n) is 9.72. The molecule has 1 fully saturated rings. The maximum atomic E-state index is 13.0. The number of nitrogens with zero attached hydrogens (tertiary/aromatic N) is 1. The van der Waals surface area contributed by atoms with Crippen LogP contribution in [0, 0.1) is 9.39 Å². The molecule has 2 N–H and O–H groups in total. The Morgan fingerprint density at radius 2 is 2.11 bits per heavy atom. The third kappa shape index (κ3) is 2.86. The molecule has 0 unspecified atom stereocenters. The molecule has 1 aromatic rings. The number of carboxylic acid groups (broad SMARTS) is 1. The molecule has 1 saturated heterocycles. The van der Waals surface area contributed by atoms with Crippen molar-refractivity contribution in [1.82, 2.24) is 4.90 Å². The van der Waals surface area contributed by atoms with Crippen molar-refractivity contribution in [1.29, 1.82) is 0 Å². The molecule has 1 aliphatic rings. The lowest BCUT2D eigenvalue weighted by Gasteiger charge is -2.21. The monoisotopic (exact) mass is 379 g/mol. The second-order valence-electron chi connectivity index (χ2n) is 4.33. The molecular formula is C12H11FINO4. The lowest BCUT2D eigenvalue weighted by Crippen LogP contribution is -2.40. The van der Waals surface area contributed by atoms with E-state index >= 15 is 0 Å². The Morgan fingerprint density at radius 3 is 2.68 bits per heavy atom. The van der Waals surface area contributed by atoms with Crippen LogP contribution in [0.25, 0.3) is 0 Å². The van der Waals surface area contributed by atoms with Gasteiger partial charge in [0.25, 0.3) is 5.91 Å². The molecule has 0 saturated carbocycles. The number of likely N-dealkylation sites (tertiary alicyclic amines) is 1. The maximum Gasteiger partial charge on any atom is 0.326 e. The predicted octanol–water partition coefficient (Wildman–Crippen LogP) is 1.09. The number of aliphatic hydroxyl groups is 1. The van der Waals surface area contributed by atoms with Gasteiger partial charge in [-0.3, -0.25) is 4.79 Å². The third-order valence-corrected chi connectivity index (χ3v) is 3.88. The van der Waals surface area contributed by atoms with Gasteiger partial charge in [-0.15, -0.1) is 0 Å². The Morgan fingerprint density at radius 1 is 1.42 bits per heavy atom. The number of hydrogen-bond acceptors (Lipinski definition) is 3. The second kappa shape index (κ2) is 5.41. The average molecular weight is 379 g/mol. The van der Waals surface area contributed by atoms with Gasteiger partial charge in [-0.05, 0) is 40.8 Å². The van der Waals surface area contributed by atoms with Gasteiger partial charge in [0, 0.05) is 16.5 Å². The highest BCUT2D eigenvalue weighted by Crippen LogP contribution is 2.23. The summed E-state index contributed by atoms with van der Waals surface area (Å²) >= 11 is 1.82. The van der Waals surface area contributed by atoms with Crippen LogP contribution in [-0.2, 0) is 4.79 Å². The van der Waals surface area contributed by atoms with Crippen LogP contribution in [0.15, 0.2) is 18.2 Å². The number of halogens is 2. The van der Waals surface area contributed by atoms with E-state index in [2.05, 4.69) is 0 Å². The summed E-state index contributed by atoms with van der Waals surface area (Å²) in [6, 6.07) is 2.64. The molecule has 1 aliphatic heterocycles. The van der Waals surface area contributed by atoms with Crippen LogP contribution in [-0.4, -0.2) is 45.7 Å². The number of aliphatic carboxylic acids is 1. The number of hydrogen-bond donors (Lipinski definition) is 2. The van der Waals surface area contributed by atoms with Crippen molar-refractivity contribution in [3.8, 4) is 0 Å². The van der Waals surface area contributed by atoms with E-state index in [0.717, 1.165) is 11.0 Å². The molecule has 1 amide bonds. The molecular weight excluding hydrogens is 368 g/mol. The number of rotatable bonds is 2. The highest BCUT2D eigenvalue weighted by Gasteiger charge is 2.39. The smallest absolute Gasteiger partial charge is 0.326 e. The molecule has 19 heavy (non-hydrogen) atoms. The molecule has 102 valence electrons. The van der Waals surface area contributed by atoms with Gasteiger partial charge in [0.1, 0.15) is 11.9 Å². The summed E-state index contributed by atoms with van der Waals surface area (Å²) in [5.74, 6) is -2.12. The number of benzene rings is 1. The molecule has 0 spiro atoms. The fourth-order valence-electron chi connectivity index (χ4n) is 2.09. The van der Waals surface area contributed by atoms with E-state index in [1.807, 2.05) is 22.6 Å². The van der Waals surface area contributed by atoms with Gasteiger partial charge in [-0.1, -0.05) is 0 Å². The first-order valence-corrected chi connectivity index (χ1v) is 6.65. The normalized spacial score (nSPS) is 22.6. The van der Waals surface area contributed by atoms with Crippen LogP contribution < -0.4 is 0 Å². The van der Waals surface area contributed by atoms with Crippen molar-refractivity contribution in [2.24, 2.45) is 0 Å². The number of carboxylic acids is 1. The quantitative estimate of drug-likeness (QED) is 0.755. The van der Waals surface area contributed by atoms with Crippen LogP contribution in [0.3, 0.4) is 0 Å². The minimum Gasteiger partial charge on any atom is -0.480 e. The lowest BCUT2D eigenvalue weighted by molar-refractivity contribution is -0.141. The fraction of sp³-hybridized carbons (Fsp3) is 0.333. The topological polar surface area (TPSA) is 77.8 Å². The van der Waals surface area contributed by atoms with E-state index in [1.165, 1.54) is 12.1 Å². The Bertz CT molecular complexity index is 536. The summed E-state index contributed by atoms with van der Waals surface area (Å²) in [5.41, 5.74) is 0.238. The van der Waals surface area contributed by atoms with Gasteiger partial charge in [0.05, 0.1) is 11.7 Å². The third-order valence-electron chi connectivity index (χ3n) is 2.99. The summed E-state index contributed by atoms with van der Waals surface area (Å²) in [6.45, 7) is -0.0245. The van der Waals surface area contributed by atoms with Crippen LogP contribution >= 0.6 is 22.6 Å². The fourth-order valence-corrected chi connectivity index (χ4v) is 2.80. The first kappa shape index (κ1) is 14.2. The second-order valence-corrected chi connectivity index (χ2v) is 5.49. The molecule has 2 rings (SSSR count). The predicted molar refractivity (Wildman–Crippen MR) is 72.2 cm³/mol. The summed E-state index contributed by atoms with van der Waals surface area (Å²) in [6.07, 6.45) is -0.832. The van der Waals surface area contributed by atoms with Gasteiger partial charge >= 0.3 is 5.97 Å². The van der Waals surface area contributed by atoms with E-state index in [-0.39, 0.29) is 18.5 Å². The molecule has 0 aromatic heterocycles. The van der Waals surface area contributed by atoms with Gasteiger partial charge in [0.2, 0.25) is 0 Å². The molecule has 0 radical (unpaired) electrons. The van der Waals surface area contributed by atoms with Crippen LogP contribution in [0.4, 0.5) is 4.39 Å². The highest BCUT2D eigenvalue weighted by molar-refractivity contribution is 14.1. The summed E-state index contributed by atoms with van der Waals surface area (Å²) in [5, 5.41) is 18.6. The standard InChI is InChI=1S/C12H11FINO4/c13-6-1-2-8(9(14)3-6)11(17)15-5-7(16)4-10(15)12(18)19/h1-3,7,10,16H,4-5H2,(H,18,19)/t7-,10-/m0/s1. The molecule has 7 heteroatoms. The zero-order valence-corrected chi connectivity index (χ0v) is 11.9. The molecule has 1 heterocycles. The van der Waals surface area contributed by atoms with E-state index in [1.54, 1.807) is 0 Å². The van der Waals surface area contributed by atoms with E-state index in [0.29, 0.717) is 3.57 Å². The molecule has 0 aliphatic carbocycles. The number of aliphatic hydroxyl groups excluding tert-OH is 1. The minimum atomic E-state index is -1.15. The van der Waals surface area contributed by atoms with Gasteiger partial charge in [-0.2, -0.15) is 0 Å². The van der Waals surface area contributed by atoms with Crippen molar-refractivity contribution in [2.45, 2.75) is 18.6 Å². The summed E-state index contributed by atoms with van der Waals surface area (Å²) in [4.78, 5) is 24.4. The summed E-state index contributed by atoms with van der Waals surface area (Å²) in [7, 11) is 0. The van der Waals surface area contributed by atoms with Crippen LogP contribution in [0.1, 0.15) is 16.8 Å².